The molecule has 1 saturated heterocycles. The summed E-state index contributed by atoms with van der Waals surface area (Å²) in [5, 5.41) is 9.45. The fraction of sp³-hybridized carbons (Fsp3) is 0.562. The predicted molar refractivity (Wildman–Crippen MR) is 81.3 cm³/mol. The number of carbonyl (C=O) groups is 1. The van der Waals surface area contributed by atoms with Crippen molar-refractivity contribution in [1.29, 1.82) is 0 Å². The molecule has 2 bridgehead atoms. The van der Waals surface area contributed by atoms with E-state index in [2.05, 4.69) is 0 Å². The lowest BCUT2D eigenvalue weighted by molar-refractivity contribution is -0.234. The van der Waals surface area contributed by atoms with Crippen LogP contribution in [0.4, 0.5) is 8.78 Å². The third kappa shape index (κ3) is 2.61. The number of fused-ring (bicyclic) bond motifs is 2. The lowest BCUT2D eigenvalue weighted by Gasteiger charge is -2.52. The number of nitrogens with zero attached hydrogens (tertiary/aromatic N) is 1. The SMILES string of the molecule is Cl.O=C(O)C12CCCC(CN(Cc3ccccc3)C1)C2(F)F. The molecule has 0 spiro atoms. The van der Waals surface area contributed by atoms with Crippen molar-refractivity contribution < 1.29 is 18.7 Å². The van der Waals surface area contributed by atoms with Crippen LogP contribution >= 0.6 is 12.4 Å². The maximum absolute atomic E-state index is 14.5. The zero-order valence-electron chi connectivity index (χ0n) is 12.2. The minimum absolute atomic E-state index is 0. The highest BCUT2D eigenvalue weighted by atomic mass is 35.5. The number of benzene rings is 1. The average molecular weight is 332 g/mol. The maximum Gasteiger partial charge on any atom is 0.317 e. The lowest BCUT2D eigenvalue weighted by atomic mass is 9.63. The van der Waals surface area contributed by atoms with Crippen LogP contribution in [0.2, 0.25) is 0 Å². The van der Waals surface area contributed by atoms with Crippen molar-refractivity contribution in [2.24, 2.45) is 11.3 Å². The zero-order chi connectivity index (χ0) is 15.1. The molecule has 6 heteroatoms. The Balaban J connectivity index is 0.00000176. The molecule has 1 aromatic rings. The van der Waals surface area contributed by atoms with E-state index < -0.39 is 23.2 Å². The highest BCUT2D eigenvalue weighted by molar-refractivity contribution is 5.85. The quantitative estimate of drug-likeness (QED) is 0.922. The molecule has 2 fully saturated rings. The summed E-state index contributed by atoms with van der Waals surface area (Å²) in [6.45, 7) is 0.736. The summed E-state index contributed by atoms with van der Waals surface area (Å²) < 4.78 is 29.0. The lowest BCUT2D eigenvalue weighted by Crippen LogP contribution is -2.65. The molecular weight excluding hydrogens is 312 g/mol. The monoisotopic (exact) mass is 331 g/mol. The fourth-order valence-electron chi connectivity index (χ4n) is 3.82. The van der Waals surface area contributed by atoms with E-state index >= 15 is 0 Å². The summed E-state index contributed by atoms with van der Waals surface area (Å²) in [5.74, 6) is -5.31. The van der Waals surface area contributed by atoms with Crippen molar-refractivity contribution in [2.45, 2.75) is 31.7 Å². The number of alkyl halides is 2. The second kappa shape index (κ2) is 6.13. The minimum atomic E-state index is -3.11. The van der Waals surface area contributed by atoms with Crippen molar-refractivity contribution in [3.8, 4) is 0 Å². The molecule has 2 atom stereocenters. The topological polar surface area (TPSA) is 40.5 Å². The molecule has 22 heavy (non-hydrogen) atoms. The third-order valence-corrected chi connectivity index (χ3v) is 4.94. The van der Waals surface area contributed by atoms with E-state index in [1.54, 1.807) is 0 Å². The molecule has 1 aliphatic carbocycles. The van der Waals surface area contributed by atoms with Gasteiger partial charge in [0.2, 0.25) is 0 Å². The summed E-state index contributed by atoms with van der Waals surface area (Å²) in [6, 6.07) is 9.59. The normalized spacial score (nSPS) is 30.4. The number of piperidine rings is 1. The number of hydrogen-bond donors (Lipinski definition) is 1. The molecule has 0 aromatic heterocycles. The van der Waals surface area contributed by atoms with Gasteiger partial charge < -0.3 is 5.11 Å². The molecule has 1 aromatic carbocycles. The van der Waals surface area contributed by atoms with E-state index in [0.717, 1.165) is 5.56 Å². The van der Waals surface area contributed by atoms with Crippen LogP contribution in [0.25, 0.3) is 0 Å². The number of likely N-dealkylation sites (tertiary alicyclic amines) is 1. The maximum atomic E-state index is 14.5. The Kier molecular flexibility index (Phi) is 4.78. The highest BCUT2D eigenvalue weighted by Crippen LogP contribution is 2.55. The highest BCUT2D eigenvalue weighted by Gasteiger charge is 2.67. The van der Waals surface area contributed by atoms with Crippen LogP contribution in [0.5, 0.6) is 0 Å². The average Bonchev–Trinajstić information content (AvgIpc) is 2.40. The molecule has 1 aliphatic heterocycles. The van der Waals surface area contributed by atoms with Crippen LogP contribution in [0.3, 0.4) is 0 Å². The van der Waals surface area contributed by atoms with Crippen LogP contribution < -0.4 is 0 Å². The van der Waals surface area contributed by atoms with E-state index in [1.807, 2.05) is 35.2 Å². The summed E-state index contributed by atoms with van der Waals surface area (Å²) in [7, 11) is 0. The van der Waals surface area contributed by atoms with Gasteiger partial charge in [-0.15, -0.1) is 12.4 Å². The summed E-state index contributed by atoms with van der Waals surface area (Å²) >= 11 is 0. The molecule has 2 aliphatic rings. The largest absolute Gasteiger partial charge is 0.481 e. The van der Waals surface area contributed by atoms with E-state index in [9.17, 15) is 18.7 Å². The fourth-order valence-corrected chi connectivity index (χ4v) is 3.82. The smallest absolute Gasteiger partial charge is 0.317 e. The predicted octanol–water partition coefficient (Wildman–Crippen LogP) is 3.43. The van der Waals surface area contributed by atoms with Crippen LogP contribution in [-0.4, -0.2) is 35.0 Å². The van der Waals surface area contributed by atoms with E-state index in [4.69, 9.17) is 0 Å². The van der Waals surface area contributed by atoms with Crippen LogP contribution in [0, 0.1) is 11.3 Å². The molecule has 1 heterocycles. The van der Waals surface area contributed by atoms with Gasteiger partial charge in [0.25, 0.3) is 5.92 Å². The van der Waals surface area contributed by atoms with Gasteiger partial charge in [-0.25, -0.2) is 8.78 Å². The first-order valence-corrected chi connectivity index (χ1v) is 7.33. The second-order valence-electron chi connectivity index (χ2n) is 6.25. The van der Waals surface area contributed by atoms with Gasteiger partial charge in [-0.3, -0.25) is 9.69 Å². The number of aliphatic carboxylic acids is 1. The molecule has 3 rings (SSSR count). The summed E-state index contributed by atoms with van der Waals surface area (Å²) in [5.41, 5.74) is -0.885. The van der Waals surface area contributed by atoms with Crippen LogP contribution in [-0.2, 0) is 11.3 Å². The molecule has 0 radical (unpaired) electrons. The van der Waals surface area contributed by atoms with Gasteiger partial charge in [0.1, 0.15) is 5.41 Å². The van der Waals surface area contributed by atoms with E-state index in [1.165, 1.54) is 0 Å². The Hall–Kier alpha value is -1.20. The number of hydrogen-bond acceptors (Lipinski definition) is 2. The van der Waals surface area contributed by atoms with Gasteiger partial charge in [0.05, 0.1) is 0 Å². The van der Waals surface area contributed by atoms with E-state index in [-0.39, 0.29) is 31.9 Å². The third-order valence-electron chi connectivity index (χ3n) is 4.94. The summed E-state index contributed by atoms with van der Waals surface area (Å²) in [4.78, 5) is 13.5. The number of halogens is 3. The molecular formula is C16H20ClF2NO2. The van der Waals surface area contributed by atoms with Crippen molar-refractivity contribution in [3.05, 3.63) is 35.9 Å². The number of carboxylic acid groups (broad SMARTS) is 1. The summed E-state index contributed by atoms with van der Waals surface area (Å²) in [6.07, 6.45) is 1.05. The molecule has 1 saturated carbocycles. The van der Waals surface area contributed by atoms with Gasteiger partial charge in [0.15, 0.2) is 0 Å². The Labute approximate surface area is 134 Å². The van der Waals surface area contributed by atoms with Gasteiger partial charge in [-0.1, -0.05) is 36.8 Å². The molecule has 0 amide bonds. The standard InChI is InChI=1S/C16H19F2NO2.ClH/c17-16(18)13-7-4-8-15(16,14(20)21)11-19(10-13)9-12-5-2-1-3-6-12;/h1-3,5-6,13H,4,7-11H2,(H,20,21);1H. The molecule has 3 nitrogen and oxygen atoms in total. The van der Waals surface area contributed by atoms with Gasteiger partial charge in [-0.2, -0.15) is 0 Å². The van der Waals surface area contributed by atoms with Crippen molar-refractivity contribution in [2.75, 3.05) is 13.1 Å². The Morgan fingerprint density at radius 1 is 1.32 bits per heavy atom. The first kappa shape index (κ1) is 17.2. The van der Waals surface area contributed by atoms with Gasteiger partial charge in [-0.05, 0) is 18.4 Å². The Bertz CT molecular complexity index is 540. The number of rotatable bonds is 3. The minimum Gasteiger partial charge on any atom is -0.481 e. The molecule has 122 valence electrons. The number of carboxylic acids is 1. The van der Waals surface area contributed by atoms with Crippen molar-refractivity contribution >= 4 is 18.4 Å². The first-order valence-electron chi connectivity index (χ1n) is 7.33. The molecule has 2 unspecified atom stereocenters. The molecule has 1 N–H and O–H groups in total. The van der Waals surface area contributed by atoms with Crippen LogP contribution in [0.15, 0.2) is 30.3 Å². The second-order valence-corrected chi connectivity index (χ2v) is 6.25. The van der Waals surface area contributed by atoms with Gasteiger partial charge >= 0.3 is 5.97 Å². The van der Waals surface area contributed by atoms with Gasteiger partial charge in [0, 0.05) is 25.6 Å². The van der Waals surface area contributed by atoms with E-state index in [0.29, 0.717) is 19.4 Å². The van der Waals surface area contributed by atoms with Crippen molar-refractivity contribution in [1.82, 2.24) is 4.90 Å². The van der Waals surface area contributed by atoms with Crippen LogP contribution in [0.1, 0.15) is 24.8 Å². The van der Waals surface area contributed by atoms with Crippen molar-refractivity contribution in [3.63, 3.8) is 0 Å². The Morgan fingerprint density at radius 3 is 2.64 bits per heavy atom. The Morgan fingerprint density at radius 2 is 2.00 bits per heavy atom. The zero-order valence-corrected chi connectivity index (χ0v) is 13.0. The first-order chi connectivity index (χ1) is 9.96.